The van der Waals surface area contributed by atoms with Gasteiger partial charge in [0, 0.05) is 22.7 Å². The zero-order chi connectivity index (χ0) is 15.4. The first-order valence-corrected chi connectivity index (χ1v) is 7.27. The van der Waals surface area contributed by atoms with Gasteiger partial charge in [0.05, 0.1) is 7.11 Å². The number of benzene rings is 1. The van der Waals surface area contributed by atoms with Crippen LogP contribution < -0.4 is 15.4 Å². The molecule has 0 aliphatic carbocycles. The van der Waals surface area contributed by atoms with Crippen molar-refractivity contribution in [3.05, 3.63) is 41.1 Å². The second-order valence-electron chi connectivity index (χ2n) is 4.24. The normalized spacial score (nSPS) is 10.2. The summed E-state index contributed by atoms with van der Waals surface area (Å²) in [5.41, 5.74) is 1.41. The number of amides is 2. The number of thiophene rings is 1. The van der Waals surface area contributed by atoms with Crippen molar-refractivity contribution in [2.45, 2.75) is 0 Å². The lowest BCUT2D eigenvalue weighted by Crippen LogP contribution is -2.19. The van der Waals surface area contributed by atoms with Crippen LogP contribution in [0.1, 0.15) is 0 Å². The monoisotopic (exact) mass is 316 g/mol. The molecule has 0 spiro atoms. The minimum atomic E-state index is -0.478. The number of hydrogen-bond donors (Lipinski definition) is 2. The number of anilines is 2. The van der Waals surface area contributed by atoms with E-state index in [4.69, 9.17) is 9.15 Å². The highest BCUT2D eigenvalue weighted by Gasteiger charge is 2.11. The van der Waals surface area contributed by atoms with E-state index in [1.165, 1.54) is 11.3 Å². The summed E-state index contributed by atoms with van der Waals surface area (Å²) in [6, 6.07) is 8.41. The molecule has 2 heterocycles. The number of ether oxygens (including phenoxy) is 1. The Kier molecular flexibility index (Phi) is 4.01. The van der Waals surface area contributed by atoms with Gasteiger partial charge in [-0.15, -0.1) is 5.10 Å². The number of nitrogens with zero attached hydrogens (tertiary/aromatic N) is 2. The van der Waals surface area contributed by atoms with Crippen LogP contribution >= 0.6 is 11.3 Å². The minimum Gasteiger partial charge on any atom is -0.497 e. The molecule has 3 aromatic rings. The maximum absolute atomic E-state index is 11.9. The zero-order valence-corrected chi connectivity index (χ0v) is 12.4. The van der Waals surface area contributed by atoms with Gasteiger partial charge >= 0.3 is 12.0 Å². The number of methoxy groups -OCH3 is 1. The molecule has 112 valence electrons. The van der Waals surface area contributed by atoms with Crippen LogP contribution in [0.15, 0.2) is 45.5 Å². The van der Waals surface area contributed by atoms with Gasteiger partial charge in [-0.2, -0.15) is 11.3 Å². The third kappa shape index (κ3) is 3.23. The predicted octanol–water partition coefficient (Wildman–Crippen LogP) is 3.45. The maximum atomic E-state index is 11.9. The van der Waals surface area contributed by atoms with E-state index < -0.39 is 6.03 Å². The Balaban J connectivity index is 1.64. The summed E-state index contributed by atoms with van der Waals surface area (Å²) in [5.74, 6) is 1.01. The molecule has 0 unspecified atom stereocenters. The number of rotatable bonds is 4. The van der Waals surface area contributed by atoms with Gasteiger partial charge in [-0.25, -0.2) is 4.79 Å². The van der Waals surface area contributed by atoms with Crippen molar-refractivity contribution in [3.63, 3.8) is 0 Å². The molecule has 2 N–H and O–H groups in total. The highest BCUT2D eigenvalue weighted by atomic mass is 32.1. The van der Waals surface area contributed by atoms with Gasteiger partial charge in [-0.05, 0) is 23.6 Å². The van der Waals surface area contributed by atoms with E-state index in [0.29, 0.717) is 17.3 Å². The van der Waals surface area contributed by atoms with Crippen LogP contribution in [-0.2, 0) is 0 Å². The summed E-state index contributed by atoms with van der Waals surface area (Å²) in [7, 11) is 1.56. The minimum absolute atomic E-state index is 0.0293. The third-order valence-corrected chi connectivity index (χ3v) is 3.42. The highest BCUT2D eigenvalue weighted by Crippen LogP contribution is 2.22. The van der Waals surface area contributed by atoms with Gasteiger partial charge < -0.3 is 14.5 Å². The van der Waals surface area contributed by atoms with E-state index >= 15 is 0 Å². The molecule has 2 aromatic heterocycles. The van der Waals surface area contributed by atoms with Crippen LogP contribution in [0.4, 0.5) is 16.5 Å². The molecule has 8 heteroatoms. The lowest BCUT2D eigenvalue weighted by molar-refractivity contribution is 0.261. The highest BCUT2D eigenvalue weighted by molar-refractivity contribution is 7.08. The molecule has 0 bridgehead atoms. The van der Waals surface area contributed by atoms with E-state index in [1.807, 2.05) is 16.8 Å². The first-order valence-electron chi connectivity index (χ1n) is 6.33. The summed E-state index contributed by atoms with van der Waals surface area (Å²) < 4.78 is 10.5. The summed E-state index contributed by atoms with van der Waals surface area (Å²) >= 11 is 1.52. The molecule has 0 saturated heterocycles. The van der Waals surface area contributed by atoms with Gasteiger partial charge in [-0.3, -0.25) is 5.32 Å². The summed E-state index contributed by atoms with van der Waals surface area (Å²) in [5, 5.41) is 16.6. The molecule has 0 aliphatic heterocycles. The molecule has 3 rings (SSSR count). The predicted molar refractivity (Wildman–Crippen MR) is 83.2 cm³/mol. The van der Waals surface area contributed by atoms with Gasteiger partial charge in [0.1, 0.15) is 5.75 Å². The average Bonchev–Trinajstić information content (AvgIpc) is 3.18. The number of carbonyl (C=O) groups is 1. The lowest BCUT2D eigenvalue weighted by atomic mass is 10.3. The third-order valence-electron chi connectivity index (χ3n) is 2.74. The van der Waals surface area contributed by atoms with E-state index in [1.54, 1.807) is 31.4 Å². The van der Waals surface area contributed by atoms with Crippen LogP contribution in [-0.4, -0.2) is 23.3 Å². The Hall–Kier alpha value is -2.87. The first kappa shape index (κ1) is 14.1. The molecule has 0 radical (unpaired) electrons. The van der Waals surface area contributed by atoms with E-state index in [0.717, 1.165) is 5.56 Å². The Morgan fingerprint density at radius 3 is 2.95 bits per heavy atom. The van der Waals surface area contributed by atoms with Gasteiger partial charge in [0.25, 0.3) is 5.89 Å². The van der Waals surface area contributed by atoms with Gasteiger partial charge in [-0.1, -0.05) is 11.2 Å². The molecule has 0 atom stereocenters. The van der Waals surface area contributed by atoms with Crippen molar-refractivity contribution >= 4 is 29.1 Å². The molecular weight excluding hydrogens is 304 g/mol. The Labute approximate surface area is 129 Å². The fraction of sp³-hybridized carbons (Fsp3) is 0.0714. The van der Waals surface area contributed by atoms with Crippen molar-refractivity contribution < 1.29 is 13.9 Å². The lowest BCUT2D eigenvalue weighted by Gasteiger charge is -2.06. The number of carbonyl (C=O) groups excluding carboxylic acids is 1. The summed E-state index contributed by atoms with van der Waals surface area (Å²) in [6.07, 6.45) is 0. The molecule has 1 aromatic carbocycles. The quantitative estimate of drug-likeness (QED) is 0.769. The van der Waals surface area contributed by atoms with Crippen molar-refractivity contribution in [1.29, 1.82) is 0 Å². The topological polar surface area (TPSA) is 89.3 Å². The van der Waals surface area contributed by atoms with Crippen molar-refractivity contribution in [2.75, 3.05) is 17.7 Å². The second kappa shape index (κ2) is 6.27. The first-order chi connectivity index (χ1) is 10.7. The maximum Gasteiger partial charge on any atom is 0.327 e. The molecule has 0 saturated carbocycles. The van der Waals surface area contributed by atoms with Crippen LogP contribution in [0, 0.1) is 0 Å². The molecule has 0 aliphatic rings. The number of hydrogen-bond acceptors (Lipinski definition) is 6. The van der Waals surface area contributed by atoms with Crippen molar-refractivity contribution in [3.8, 4) is 17.2 Å². The smallest absolute Gasteiger partial charge is 0.327 e. The van der Waals surface area contributed by atoms with Crippen LogP contribution in [0.25, 0.3) is 11.5 Å². The fourth-order valence-electron chi connectivity index (χ4n) is 1.74. The summed E-state index contributed by atoms with van der Waals surface area (Å²) in [4.78, 5) is 11.9. The molecule has 22 heavy (non-hydrogen) atoms. The second-order valence-corrected chi connectivity index (χ2v) is 5.02. The average molecular weight is 316 g/mol. The number of urea groups is 1. The largest absolute Gasteiger partial charge is 0.497 e. The van der Waals surface area contributed by atoms with Crippen LogP contribution in [0.2, 0.25) is 0 Å². The standard InChI is InChI=1S/C14H12N4O3S/c1-20-11-4-2-3-10(7-11)15-13(19)16-14-18-17-12(21-14)9-5-6-22-8-9/h2-8H,1H3,(H2,15,16,18,19). The SMILES string of the molecule is COc1cccc(NC(=O)Nc2nnc(-c3ccsc3)o2)c1. The van der Waals surface area contributed by atoms with E-state index in [-0.39, 0.29) is 6.01 Å². The van der Waals surface area contributed by atoms with Crippen molar-refractivity contribution in [2.24, 2.45) is 0 Å². The molecule has 2 amide bonds. The van der Waals surface area contributed by atoms with Crippen LogP contribution in [0.3, 0.4) is 0 Å². The van der Waals surface area contributed by atoms with Crippen molar-refractivity contribution in [1.82, 2.24) is 10.2 Å². The van der Waals surface area contributed by atoms with Gasteiger partial charge in [0.15, 0.2) is 0 Å². The van der Waals surface area contributed by atoms with E-state index in [2.05, 4.69) is 20.8 Å². The van der Waals surface area contributed by atoms with Crippen LogP contribution in [0.5, 0.6) is 5.75 Å². The van der Waals surface area contributed by atoms with E-state index in [9.17, 15) is 4.79 Å². The zero-order valence-electron chi connectivity index (χ0n) is 11.6. The molecule has 0 fully saturated rings. The summed E-state index contributed by atoms with van der Waals surface area (Å²) in [6.45, 7) is 0. The number of nitrogens with one attached hydrogen (secondary N) is 2. The van der Waals surface area contributed by atoms with Gasteiger partial charge in [0.2, 0.25) is 0 Å². The molecule has 7 nitrogen and oxygen atoms in total. The fourth-order valence-corrected chi connectivity index (χ4v) is 2.37. The Bertz CT molecular complexity index is 770. The number of aromatic nitrogens is 2. The Morgan fingerprint density at radius 1 is 1.27 bits per heavy atom. The molecular formula is C14H12N4O3S. The Morgan fingerprint density at radius 2 is 2.18 bits per heavy atom.